The van der Waals surface area contributed by atoms with Crippen molar-refractivity contribution < 1.29 is 10.0 Å². The molecule has 2 saturated carbocycles. The molecule has 4 N–H and O–H groups in total. The molecule has 0 spiro atoms. The van der Waals surface area contributed by atoms with Crippen molar-refractivity contribution in [3.63, 3.8) is 0 Å². The largest absolute Gasteiger partial charge is 0.488 e. The first-order chi connectivity index (χ1) is 19.2. The lowest BCUT2D eigenvalue weighted by Gasteiger charge is -2.07. The van der Waals surface area contributed by atoms with Gasteiger partial charge >= 0.3 is 7.12 Å². The highest BCUT2D eigenvalue weighted by molar-refractivity contribution is 6.58. The van der Waals surface area contributed by atoms with Gasteiger partial charge in [-0.15, -0.1) is 0 Å². The fraction of sp³-hybridized carbons (Fsp3) is 0.231. The lowest BCUT2D eigenvalue weighted by molar-refractivity contribution is 0.426. The second-order valence-corrected chi connectivity index (χ2v) is 11.0. The topological polar surface area (TPSA) is 116 Å². The molecule has 2 aliphatic rings. The van der Waals surface area contributed by atoms with Gasteiger partial charge in [0.25, 0.3) is 0 Å². The average molecular weight is 641 g/mol. The Morgan fingerprint density at radius 3 is 1.62 bits per heavy atom. The Kier molecular flexibility index (Phi) is 11.1. The standard InChI is InChI=1S/C13H11Cl2N3.C7H7Cl2N3.C6H6BClO2/c14-9-3-1-8(2-4-9)12-16-7-11(15)13(18-12)17-10-5-6-10;8-5-3-10-7(9)12-6(5)11-4-1-2-4;8-6-3-1-5(2-4-6)7(9)10/h1-4,7,10H,5-6H2,(H,16,17,18);3-4H,1-2H2,(H,10,11,12);1-4,9-10H. The first-order valence-corrected chi connectivity index (χ1v) is 14.2. The van der Waals surface area contributed by atoms with E-state index in [4.69, 9.17) is 68.1 Å². The first-order valence-electron chi connectivity index (χ1n) is 12.3. The van der Waals surface area contributed by atoms with Gasteiger partial charge in [0.15, 0.2) is 5.82 Å². The summed E-state index contributed by atoms with van der Waals surface area (Å²) in [5, 5.41) is 26.3. The fourth-order valence-corrected chi connectivity index (χ4v) is 3.81. The van der Waals surface area contributed by atoms with Crippen molar-refractivity contribution in [1.29, 1.82) is 0 Å². The molecule has 0 radical (unpaired) electrons. The molecule has 0 saturated heterocycles. The summed E-state index contributed by atoms with van der Waals surface area (Å²) in [6, 6.07) is 14.8. The maximum atomic E-state index is 8.63. The van der Waals surface area contributed by atoms with Gasteiger partial charge in [-0.2, -0.15) is 4.98 Å². The van der Waals surface area contributed by atoms with E-state index in [-0.39, 0.29) is 5.28 Å². The normalized spacial score (nSPS) is 13.8. The molecule has 6 rings (SSSR count). The van der Waals surface area contributed by atoms with Crippen molar-refractivity contribution in [1.82, 2.24) is 19.9 Å². The molecule has 0 atom stereocenters. The third-order valence-electron chi connectivity index (χ3n) is 5.57. The molecular formula is C26H24BCl5N6O2. The van der Waals surface area contributed by atoms with Gasteiger partial charge in [0, 0.05) is 27.7 Å². The number of rotatable bonds is 6. The molecule has 2 aromatic carbocycles. The summed E-state index contributed by atoms with van der Waals surface area (Å²) in [5.74, 6) is 2.00. The Morgan fingerprint density at radius 1 is 0.650 bits per heavy atom. The number of aromatic nitrogens is 4. The number of halogens is 5. The van der Waals surface area contributed by atoms with Crippen molar-refractivity contribution in [3.8, 4) is 11.4 Å². The summed E-state index contributed by atoms with van der Waals surface area (Å²) < 4.78 is 0. The summed E-state index contributed by atoms with van der Waals surface area (Å²) in [6.45, 7) is 0. The monoisotopic (exact) mass is 638 g/mol. The van der Waals surface area contributed by atoms with E-state index < -0.39 is 7.12 Å². The molecule has 4 aromatic rings. The molecule has 8 nitrogen and oxygen atoms in total. The second-order valence-electron chi connectivity index (χ2n) is 9.00. The third kappa shape index (κ3) is 9.92. The number of hydrogen-bond donors (Lipinski definition) is 4. The van der Waals surface area contributed by atoms with Crippen LogP contribution in [0.4, 0.5) is 11.6 Å². The predicted molar refractivity (Wildman–Crippen MR) is 164 cm³/mol. The Labute approximate surface area is 257 Å². The lowest BCUT2D eigenvalue weighted by atomic mass is 9.81. The quantitative estimate of drug-likeness (QED) is 0.141. The molecule has 0 amide bonds. The number of hydrogen-bond acceptors (Lipinski definition) is 8. The number of nitrogens with one attached hydrogen (secondary N) is 2. The Hall–Kier alpha value is -2.37. The molecule has 0 unspecified atom stereocenters. The lowest BCUT2D eigenvalue weighted by Crippen LogP contribution is -2.29. The van der Waals surface area contributed by atoms with Crippen molar-refractivity contribution in [2.45, 2.75) is 37.8 Å². The molecular weight excluding hydrogens is 616 g/mol. The van der Waals surface area contributed by atoms with Gasteiger partial charge in [0.05, 0.1) is 12.4 Å². The molecule has 0 aliphatic heterocycles. The van der Waals surface area contributed by atoms with Gasteiger partial charge in [-0.3, -0.25) is 0 Å². The molecule has 0 bridgehead atoms. The van der Waals surface area contributed by atoms with Crippen LogP contribution in [0.3, 0.4) is 0 Å². The Morgan fingerprint density at radius 2 is 1.12 bits per heavy atom. The second kappa shape index (κ2) is 14.5. The van der Waals surface area contributed by atoms with Crippen LogP contribution in [0, 0.1) is 0 Å². The van der Waals surface area contributed by atoms with Crippen LogP contribution < -0.4 is 16.1 Å². The van der Waals surface area contributed by atoms with Gasteiger partial charge in [-0.05, 0) is 79.1 Å². The summed E-state index contributed by atoms with van der Waals surface area (Å²) >= 11 is 28.9. The molecule has 2 aromatic heterocycles. The van der Waals surface area contributed by atoms with Crippen molar-refractivity contribution in [3.05, 3.63) is 86.3 Å². The van der Waals surface area contributed by atoms with Gasteiger partial charge < -0.3 is 20.7 Å². The average Bonchev–Trinajstić information content (AvgIpc) is 3.87. The van der Waals surface area contributed by atoms with Gasteiger partial charge in [0.1, 0.15) is 21.7 Å². The summed E-state index contributed by atoms with van der Waals surface area (Å²) in [5.41, 5.74) is 1.37. The van der Waals surface area contributed by atoms with Crippen LogP contribution in [0.15, 0.2) is 60.9 Å². The highest BCUT2D eigenvalue weighted by Crippen LogP contribution is 2.30. The zero-order valence-electron chi connectivity index (χ0n) is 20.9. The SMILES string of the molecule is Clc1ccc(-c2ncc(Cl)c(NC3CC3)n2)cc1.Clc1ncc(Cl)c(NC2CC2)n1.OB(O)c1ccc(Cl)cc1. The smallest absolute Gasteiger partial charge is 0.423 e. The third-order valence-corrected chi connectivity index (χ3v) is 6.81. The first kappa shape index (κ1) is 30.6. The van der Waals surface area contributed by atoms with Crippen LogP contribution in [0.25, 0.3) is 11.4 Å². The minimum absolute atomic E-state index is 0.225. The molecule has 2 aliphatic carbocycles. The predicted octanol–water partition coefficient (Wildman–Crippen LogP) is 6.40. The highest BCUT2D eigenvalue weighted by Gasteiger charge is 2.23. The van der Waals surface area contributed by atoms with E-state index in [0.717, 1.165) is 5.56 Å². The van der Waals surface area contributed by atoms with Crippen LogP contribution in [0.2, 0.25) is 25.4 Å². The zero-order chi connectivity index (χ0) is 28.6. The van der Waals surface area contributed by atoms with Gasteiger partial charge in [-0.1, -0.05) is 58.5 Å². The fourth-order valence-electron chi connectivity index (χ4n) is 3.13. The number of anilines is 2. The zero-order valence-corrected chi connectivity index (χ0v) is 24.7. The van der Waals surface area contributed by atoms with E-state index >= 15 is 0 Å². The van der Waals surface area contributed by atoms with Crippen molar-refractivity contribution >= 4 is 82.2 Å². The molecule has 2 heterocycles. The van der Waals surface area contributed by atoms with Crippen molar-refractivity contribution in [2.24, 2.45) is 0 Å². The Bertz CT molecular complexity index is 1410. The maximum Gasteiger partial charge on any atom is 0.488 e. The van der Waals surface area contributed by atoms with E-state index in [2.05, 4.69) is 30.6 Å². The Balaban J connectivity index is 0.000000147. The minimum atomic E-state index is -1.41. The number of nitrogens with zero attached hydrogens (tertiary/aromatic N) is 4. The van der Waals surface area contributed by atoms with E-state index in [0.29, 0.717) is 55.1 Å². The molecule has 208 valence electrons. The van der Waals surface area contributed by atoms with Crippen LogP contribution >= 0.6 is 58.0 Å². The van der Waals surface area contributed by atoms with Gasteiger partial charge in [0.2, 0.25) is 5.28 Å². The van der Waals surface area contributed by atoms with Crippen LogP contribution in [-0.4, -0.2) is 49.2 Å². The van der Waals surface area contributed by atoms with Gasteiger partial charge in [-0.25, -0.2) is 15.0 Å². The van der Waals surface area contributed by atoms with Crippen molar-refractivity contribution in [2.75, 3.05) is 10.6 Å². The van der Waals surface area contributed by atoms with E-state index in [1.54, 1.807) is 30.5 Å². The summed E-state index contributed by atoms with van der Waals surface area (Å²) in [4.78, 5) is 16.4. The summed E-state index contributed by atoms with van der Waals surface area (Å²) in [7, 11) is -1.41. The molecule has 2 fully saturated rings. The highest BCUT2D eigenvalue weighted by atomic mass is 35.5. The molecule has 40 heavy (non-hydrogen) atoms. The number of benzene rings is 2. The molecule has 14 heteroatoms. The maximum absolute atomic E-state index is 8.63. The minimum Gasteiger partial charge on any atom is -0.423 e. The van der Waals surface area contributed by atoms with Crippen LogP contribution in [0.1, 0.15) is 25.7 Å². The van der Waals surface area contributed by atoms with E-state index in [1.807, 2.05) is 24.3 Å². The van der Waals surface area contributed by atoms with E-state index in [9.17, 15) is 0 Å². The summed E-state index contributed by atoms with van der Waals surface area (Å²) in [6.07, 6.45) is 7.84. The van der Waals surface area contributed by atoms with E-state index in [1.165, 1.54) is 31.9 Å². The van der Waals surface area contributed by atoms with Crippen LogP contribution in [-0.2, 0) is 0 Å². The van der Waals surface area contributed by atoms with Crippen LogP contribution in [0.5, 0.6) is 0 Å².